The number of rotatable bonds is 4. The van der Waals surface area contributed by atoms with E-state index < -0.39 is 0 Å². The molecule has 11 heavy (non-hydrogen) atoms. The maximum atomic E-state index is 10.3. The highest BCUT2D eigenvalue weighted by molar-refractivity contribution is 5.88. The van der Waals surface area contributed by atoms with Crippen molar-refractivity contribution in [1.82, 2.24) is 0 Å². The number of esters is 1. The molecule has 0 fully saturated rings. The minimum atomic E-state index is -0.209. The number of carbonyl (C=O) groups excluding carboxylic acids is 1. The Kier molecular flexibility index (Phi) is 2.90. The van der Waals surface area contributed by atoms with Gasteiger partial charge in [-0.2, -0.15) is 0 Å². The molecule has 1 rings (SSSR count). The van der Waals surface area contributed by atoms with Gasteiger partial charge in [0.15, 0.2) is 0 Å². The van der Waals surface area contributed by atoms with Crippen LogP contribution in [0, 0.1) is 0 Å². The van der Waals surface area contributed by atoms with Crippen molar-refractivity contribution in [2.45, 2.75) is 26.2 Å². The third kappa shape index (κ3) is 2.58. The monoisotopic (exact) mass is 152 g/mol. The zero-order valence-electron chi connectivity index (χ0n) is 6.67. The summed E-state index contributed by atoms with van der Waals surface area (Å²) >= 11 is 0. The van der Waals surface area contributed by atoms with Gasteiger partial charge in [-0.25, -0.2) is 4.79 Å². The Bertz CT molecular complexity index is 202. The molecule has 1 aliphatic heterocycles. The molecule has 2 heteroatoms. The lowest BCUT2D eigenvalue weighted by molar-refractivity contribution is -0.138. The number of allylic oxidation sites excluding steroid dienone is 3. The third-order valence-electron chi connectivity index (χ3n) is 1.47. The number of ether oxygens (including phenoxy) is 1. The molecular weight excluding hydrogens is 140 g/mol. The SMILES string of the molecule is CCC=CCCC1=CC(=O)O1. The Morgan fingerprint density at radius 2 is 2.27 bits per heavy atom. The van der Waals surface area contributed by atoms with Crippen molar-refractivity contribution in [2.75, 3.05) is 0 Å². The highest BCUT2D eigenvalue weighted by atomic mass is 16.6. The van der Waals surface area contributed by atoms with Crippen LogP contribution in [-0.2, 0) is 9.53 Å². The van der Waals surface area contributed by atoms with E-state index in [4.69, 9.17) is 4.74 Å². The average molecular weight is 152 g/mol. The molecule has 0 radical (unpaired) electrons. The van der Waals surface area contributed by atoms with Gasteiger partial charge in [0, 0.05) is 6.42 Å². The molecule has 0 aromatic carbocycles. The quantitative estimate of drug-likeness (QED) is 0.456. The Morgan fingerprint density at radius 1 is 1.55 bits per heavy atom. The highest BCUT2D eigenvalue weighted by Crippen LogP contribution is 2.15. The molecule has 0 atom stereocenters. The normalized spacial score (nSPS) is 16.1. The summed E-state index contributed by atoms with van der Waals surface area (Å²) in [5.74, 6) is 0.607. The van der Waals surface area contributed by atoms with Crippen LogP contribution in [0.25, 0.3) is 0 Å². The average Bonchev–Trinajstić information content (AvgIpc) is 1.94. The number of carbonyl (C=O) groups is 1. The summed E-state index contributed by atoms with van der Waals surface area (Å²) in [5, 5.41) is 0. The van der Waals surface area contributed by atoms with Gasteiger partial charge >= 0.3 is 5.97 Å². The van der Waals surface area contributed by atoms with Crippen LogP contribution < -0.4 is 0 Å². The molecule has 0 unspecified atom stereocenters. The van der Waals surface area contributed by atoms with Crippen molar-refractivity contribution < 1.29 is 9.53 Å². The number of cyclic esters (lactones) is 1. The molecule has 1 aliphatic rings. The largest absolute Gasteiger partial charge is 0.428 e. The summed E-state index contributed by atoms with van der Waals surface area (Å²) in [6.07, 6.45) is 8.64. The van der Waals surface area contributed by atoms with Crippen molar-refractivity contribution in [1.29, 1.82) is 0 Å². The zero-order chi connectivity index (χ0) is 8.10. The van der Waals surface area contributed by atoms with E-state index in [1.807, 2.05) is 0 Å². The van der Waals surface area contributed by atoms with Gasteiger partial charge in [0.1, 0.15) is 5.76 Å². The molecule has 0 saturated carbocycles. The standard InChI is InChI=1S/C9H12O2/c1-2-3-4-5-6-8-7-9(10)11-8/h3-4,7H,2,5-6H2,1H3. The van der Waals surface area contributed by atoms with Gasteiger partial charge in [-0.15, -0.1) is 0 Å². The molecule has 0 spiro atoms. The van der Waals surface area contributed by atoms with Gasteiger partial charge in [-0.05, 0) is 12.8 Å². The van der Waals surface area contributed by atoms with Crippen molar-refractivity contribution in [3.8, 4) is 0 Å². The van der Waals surface area contributed by atoms with Crippen LogP contribution in [0.15, 0.2) is 24.0 Å². The topological polar surface area (TPSA) is 26.3 Å². The van der Waals surface area contributed by atoms with Gasteiger partial charge in [-0.3, -0.25) is 0 Å². The van der Waals surface area contributed by atoms with Crippen LogP contribution in [0.4, 0.5) is 0 Å². The van der Waals surface area contributed by atoms with Crippen molar-refractivity contribution in [3.63, 3.8) is 0 Å². The van der Waals surface area contributed by atoms with E-state index >= 15 is 0 Å². The molecule has 0 aromatic rings. The van der Waals surface area contributed by atoms with Crippen LogP contribution in [0.1, 0.15) is 26.2 Å². The lowest BCUT2D eigenvalue weighted by Crippen LogP contribution is -2.12. The van der Waals surface area contributed by atoms with Gasteiger partial charge in [0.2, 0.25) is 0 Å². The van der Waals surface area contributed by atoms with Crippen molar-refractivity contribution in [2.24, 2.45) is 0 Å². The second-order valence-electron chi connectivity index (χ2n) is 2.45. The summed E-state index contributed by atoms with van der Waals surface area (Å²) in [6.45, 7) is 2.10. The van der Waals surface area contributed by atoms with Crippen molar-refractivity contribution in [3.05, 3.63) is 24.0 Å². The predicted molar refractivity (Wildman–Crippen MR) is 42.8 cm³/mol. The first-order valence-electron chi connectivity index (χ1n) is 3.90. The molecule has 0 bridgehead atoms. The Morgan fingerprint density at radius 3 is 2.82 bits per heavy atom. The van der Waals surface area contributed by atoms with Crippen LogP contribution in [0.2, 0.25) is 0 Å². The summed E-state index contributed by atoms with van der Waals surface area (Å²) in [6, 6.07) is 0. The van der Waals surface area contributed by atoms with E-state index in [9.17, 15) is 4.79 Å². The summed E-state index contributed by atoms with van der Waals surface area (Å²) in [5.41, 5.74) is 0. The van der Waals surface area contributed by atoms with Crippen LogP contribution >= 0.6 is 0 Å². The Balaban J connectivity index is 2.09. The number of hydrogen-bond acceptors (Lipinski definition) is 2. The Hall–Kier alpha value is -1.05. The van der Waals surface area contributed by atoms with Crippen molar-refractivity contribution >= 4 is 5.97 Å². The van der Waals surface area contributed by atoms with E-state index in [1.54, 1.807) is 6.08 Å². The first-order valence-corrected chi connectivity index (χ1v) is 3.90. The van der Waals surface area contributed by atoms with Gasteiger partial charge in [0.05, 0.1) is 6.08 Å². The molecule has 2 nitrogen and oxygen atoms in total. The fraction of sp³-hybridized carbons (Fsp3) is 0.444. The molecular formula is C9H12O2. The second kappa shape index (κ2) is 3.96. The molecule has 0 saturated heterocycles. The van der Waals surface area contributed by atoms with Crippen LogP contribution in [-0.4, -0.2) is 5.97 Å². The molecule has 60 valence electrons. The lowest BCUT2D eigenvalue weighted by atomic mass is 10.2. The zero-order valence-corrected chi connectivity index (χ0v) is 6.67. The lowest BCUT2D eigenvalue weighted by Gasteiger charge is -2.12. The summed E-state index contributed by atoms with van der Waals surface area (Å²) < 4.78 is 4.71. The fourth-order valence-corrected chi connectivity index (χ4v) is 0.895. The smallest absolute Gasteiger partial charge is 0.339 e. The van der Waals surface area contributed by atoms with Crippen LogP contribution in [0.5, 0.6) is 0 Å². The van der Waals surface area contributed by atoms with E-state index in [1.165, 1.54) is 0 Å². The van der Waals surface area contributed by atoms with E-state index in [2.05, 4.69) is 19.1 Å². The third-order valence-corrected chi connectivity index (χ3v) is 1.47. The van der Waals surface area contributed by atoms with E-state index in [0.29, 0.717) is 0 Å². The van der Waals surface area contributed by atoms with Crippen LogP contribution in [0.3, 0.4) is 0 Å². The summed E-state index contributed by atoms with van der Waals surface area (Å²) in [7, 11) is 0. The highest BCUT2D eigenvalue weighted by Gasteiger charge is 2.14. The fourth-order valence-electron chi connectivity index (χ4n) is 0.895. The van der Waals surface area contributed by atoms with Gasteiger partial charge in [0.25, 0.3) is 0 Å². The Labute approximate surface area is 66.5 Å². The molecule has 0 aliphatic carbocycles. The molecule has 0 amide bonds. The summed E-state index contributed by atoms with van der Waals surface area (Å²) in [4.78, 5) is 10.3. The second-order valence-corrected chi connectivity index (χ2v) is 2.45. The maximum Gasteiger partial charge on any atom is 0.339 e. The maximum absolute atomic E-state index is 10.3. The molecule has 1 heterocycles. The van der Waals surface area contributed by atoms with Gasteiger partial charge < -0.3 is 4.74 Å². The molecule has 0 N–H and O–H groups in total. The minimum Gasteiger partial charge on any atom is -0.428 e. The van der Waals surface area contributed by atoms with E-state index in [0.717, 1.165) is 25.0 Å². The number of hydrogen-bond donors (Lipinski definition) is 0. The first-order chi connectivity index (χ1) is 5.33. The molecule has 0 aromatic heterocycles. The van der Waals surface area contributed by atoms with E-state index in [-0.39, 0.29) is 5.97 Å². The minimum absolute atomic E-state index is 0.209. The van der Waals surface area contributed by atoms with Gasteiger partial charge in [-0.1, -0.05) is 19.1 Å². The first kappa shape index (κ1) is 8.05. The predicted octanol–water partition coefficient (Wildman–Crippen LogP) is 2.17.